The van der Waals surface area contributed by atoms with Crippen molar-refractivity contribution in [2.45, 2.75) is 18.9 Å². The van der Waals surface area contributed by atoms with Gasteiger partial charge in [0.1, 0.15) is 0 Å². The van der Waals surface area contributed by atoms with Crippen LogP contribution in [0.25, 0.3) is 11.1 Å². The van der Waals surface area contributed by atoms with E-state index in [1.807, 2.05) is 54.4 Å². The summed E-state index contributed by atoms with van der Waals surface area (Å²) in [6.07, 6.45) is 2.19. The number of carbonyl (C=O) groups is 1. The smallest absolute Gasteiger partial charge is 0.253 e. The van der Waals surface area contributed by atoms with Crippen LogP contribution in [0.1, 0.15) is 23.2 Å². The standard InChI is InChI=1S/C20H24N2O/c1-21-14-12-19(13-15-21)22(2)20(23)18-10-8-17(9-11-18)16-6-4-3-5-7-16/h3-11,19H,12-15H2,1-2H3/p+1. The van der Waals surface area contributed by atoms with Gasteiger partial charge < -0.3 is 9.80 Å². The molecule has 1 aliphatic rings. The highest BCUT2D eigenvalue weighted by Crippen LogP contribution is 2.20. The number of quaternary nitrogens is 1. The summed E-state index contributed by atoms with van der Waals surface area (Å²) in [6.45, 7) is 2.30. The number of hydrogen-bond donors (Lipinski definition) is 1. The van der Waals surface area contributed by atoms with Crippen LogP contribution >= 0.6 is 0 Å². The van der Waals surface area contributed by atoms with Crippen LogP contribution in [0.4, 0.5) is 0 Å². The lowest BCUT2D eigenvalue weighted by atomic mass is 10.0. The lowest BCUT2D eigenvalue weighted by Gasteiger charge is -2.33. The van der Waals surface area contributed by atoms with Gasteiger partial charge in [0, 0.05) is 31.5 Å². The van der Waals surface area contributed by atoms with E-state index >= 15 is 0 Å². The number of rotatable bonds is 3. The summed E-state index contributed by atoms with van der Waals surface area (Å²) in [6, 6.07) is 18.6. The van der Waals surface area contributed by atoms with Crippen LogP contribution < -0.4 is 4.90 Å². The molecule has 0 radical (unpaired) electrons. The largest absolute Gasteiger partial charge is 0.338 e. The van der Waals surface area contributed by atoms with Crippen molar-refractivity contribution in [3.05, 3.63) is 60.2 Å². The van der Waals surface area contributed by atoms with Gasteiger partial charge in [-0.1, -0.05) is 42.5 Å². The predicted octanol–water partition coefficient (Wildman–Crippen LogP) is 2.10. The molecule has 0 aliphatic carbocycles. The molecule has 0 saturated carbocycles. The maximum absolute atomic E-state index is 12.7. The second kappa shape index (κ2) is 6.97. The molecule has 0 aromatic heterocycles. The summed E-state index contributed by atoms with van der Waals surface area (Å²) < 4.78 is 0. The third-order valence-corrected chi connectivity index (χ3v) is 4.92. The second-order valence-corrected chi connectivity index (χ2v) is 6.55. The summed E-state index contributed by atoms with van der Waals surface area (Å²) in [5.41, 5.74) is 3.10. The molecule has 0 bridgehead atoms. The van der Waals surface area contributed by atoms with E-state index < -0.39 is 0 Å². The number of carbonyl (C=O) groups excluding carboxylic acids is 1. The normalized spacial score (nSPS) is 21.0. The first-order valence-corrected chi connectivity index (χ1v) is 8.39. The molecule has 1 heterocycles. The van der Waals surface area contributed by atoms with Crippen LogP contribution in [0.15, 0.2) is 54.6 Å². The molecule has 3 nitrogen and oxygen atoms in total. The molecular weight excluding hydrogens is 284 g/mol. The highest BCUT2D eigenvalue weighted by Gasteiger charge is 2.26. The monoisotopic (exact) mass is 309 g/mol. The predicted molar refractivity (Wildman–Crippen MR) is 93.6 cm³/mol. The summed E-state index contributed by atoms with van der Waals surface area (Å²) in [4.78, 5) is 16.2. The molecule has 3 rings (SSSR count). The zero-order valence-corrected chi connectivity index (χ0v) is 14.0. The fourth-order valence-electron chi connectivity index (χ4n) is 3.29. The van der Waals surface area contributed by atoms with E-state index in [0.29, 0.717) is 6.04 Å². The molecule has 1 saturated heterocycles. The fraction of sp³-hybridized carbons (Fsp3) is 0.350. The van der Waals surface area contributed by atoms with E-state index in [9.17, 15) is 4.79 Å². The van der Waals surface area contributed by atoms with Crippen molar-refractivity contribution in [2.75, 3.05) is 27.2 Å². The van der Waals surface area contributed by atoms with Gasteiger partial charge in [-0.2, -0.15) is 0 Å². The molecule has 1 aliphatic heterocycles. The lowest BCUT2D eigenvalue weighted by molar-refractivity contribution is -0.885. The van der Waals surface area contributed by atoms with Gasteiger partial charge in [0.2, 0.25) is 0 Å². The van der Waals surface area contributed by atoms with Crippen molar-refractivity contribution < 1.29 is 9.69 Å². The molecule has 3 heteroatoms. The molecule has 1 fully saturated rings. The third kappa shape index (κ3) is 3.62. The Morgan fingerprint density at radius 1 is 0.957 bits per heavy atom. The maximum Gasteiger partial charge on any atom is 0.253 e. The van der Waals surface area contributed by atoms with E-state index in [1.54, 1.807) is 4.90 Å². The van der Waals surface area contributed by atoms with Gasteiger partial charge in [-0.05, 0) is 23.3 Å². The Bertz CT molecular complexity index is 643. The van der Waals surface area contributed by atoms with Crippen molar-refractivity contribution in [3.63, 3.8) is 0 Å². The first kappa shape index (κ1) is 15.8. The number of benzene rings is 2. The summed E-state index contributed by atoms with van der Waals surface area (Å²) in [5.74, 6) is 0.133. The molecule has 2 aromatic carbocycles. The quantitative estimate of drug-likeness (QED) is 0.923. The van der Waals surface area contributed by atoms with Crippen molar-refractivity contribution in [1.82, 2.24) is 4.90 Å². The minimum absolute atomic E-state index is 0.133. The van der Waals surface area contributed by atoms with Crippen molar-refractivity contribution in [2.24, 2.45) is 0 Å². The van der Waals surface area contributed by atoms with Crippen LogP contribution in [0.3, 0.4) is 0 Å². The second-order valence-electron chi connectivity index (χ2n) is 6.55. The van der Waals surface area contributed by atoms with Gasteiger partial charge in [-0.15, -0.1) is 0 Å². The molecule has 0 spiro atoms. The van der Waals surface area contributed by atoms with Crippen molar-refractivity contribution >= 4 is 5.91 Å². The van der Waals surface area contributed by atoms with Gasteiger partial charge in [0.15, 0.2) is 0 Å². The Kier molecular flexibility index (Phi) is 4.77. The number of nitrogens with zero attached hydrogens (tertiary/aromatic N) is 1. The number of likely N-dealkylation sites (tertiary alicyclic amines) is 1. The van der Waals surface area contributed by atoms with Crippen LogP contribution in [0, 0.1) is 0 Å². The summed E-state index contributed by atoms with van der Waals surface area (Å²) in [7, 11) is 4.17. The Morgan fingerprint density at radius 2 is 1.52 bits per heavy atom. The van der Waals surface area contributed by atoms with E-state index in [2.05, 4.69) is 19.2 Å². The van der Waals surface area contributed by atoms with Gasteiger partial charge >= 0.3 is 0 Å². The van der Waals surface area contributed by atoms with E-state index in [4.69, 9.17) is 0 Å². The first-order chi connectivity index (χ1) is 11.1. The number of amides is 1. The SMILES string of the molecule is CN(C(=O)c1ccc(-c2ccccc2)cc1)C1CC[NH+](C)CC1. The van der Waals surface area contributed by atoms with E-state index in [-0.39, 0.29) is 5.91 Å². The number of nitrogens with one attached hydrogen (secondary N) is 1. The zero-order valence-electron chi connectivity index (χ0n) is 14.0. The molecule has 120 valence electrons. The minimum Gasteiger partial charge on any atom is -0.338 e. The van der Waals surface area contributed by atoms with Crippen molar-refractivity contribution in [3.8, 4) is 11.1 Å². The van der Waals surface area contributed by atoms with Gasteiger partial charge in [-0.3, -0.25) is 4.79 Å². The average Bonchev–Trinajstić information content (AvgIpc) is 2.62. The zero-order chi connectivity index (χ0) is 16.2. The van der Waals surface area contributed by atoms with Crippen LogP contribution in [0.2, 0.25) is 0 Å². The van der Waals surface area contributed by atoms with Crippen LogP contribution in [-0.4, -0.2) is 44.0 Å². The third-order valence-electron chi connectivity index (χ3n) is 4.92. The van der Waals surface area contributed by atoms with E-state index in [0.717, 1.165) is 37.1 Å². The Balaban J connectivity index is 1.70. The molecule has 2 aromatic rings. The molecule has 1 N–H and O–H groups in total. The molecule has 0 atom stereocenters. The van der Waals surface area contributed by atoms with E-state index in [1.165, 1.54) is 5.56 Å². The Labute approximate surface area is 138 Å². The fourth-order valence-corrected chi connectivity index (χ4v) is 3.29. The lowest BCUT2D eigenvalue weighted by Crippen LogP contribution is -3.10. The van der Waals surface area contributed by atoms with Crippen molar-refractivity contribution in [1.29, 1.82) is 0 Å². The molecule has 23 heavy (non-hydrogen) atoms. The first-order valence-electron chi connectivity index (χ1n) is 8.39. The average molecular weight is 309 g/mol. The topological polar surface area (TPSA) is 24.8 Å². The minimum atomic E-state index is 0.133. The van der Waals surface area contributed by atoms with Gasteiger partial charge in [0.25, 0.3) is 5.91 Å². The van der Waals surface area contributed by atoms with Crippen LogP contribution in [0.5, 0.6) is 0 Å². The van der Waals surface area contributed by atoms with Crippen LogP contribution in [-0.2, 0) is 0 Å². The maximum atomic E-state index is 12.7. The molecular formula is C20H25N2O+. The highest BCUT2D eigenvalue weighted by atomic mass is 16.2. The van der Waals surface area contributed by atoms with Gasteiger partial charge in [-0.25, -0.2) is 0 Å². The molecule has 1 amide bonds. The number of hydrogen-bond acceptors (Lipinski definition) is 1. The number of piperidine rings is 1. The molecule has 0 unspecified atom stereocenters. The summed E-state index contributed by atoms with van der Waals surface area (Å²) in [5, 5.41) is 0. The Hall–Kier alpha value is -2.13. The van der Waals surface area contributed by atoms with Gasteiger partial charge in [0.05, 0.1) is 20.1 Å². The highest BCUT2D eigenvalue weighted by molar-refractivity contribution is 5.94. The Morgan fingerprint density at radius 3 is 2.13 bits per heavy atom. The summed E-state index contributed by atoms with van der Waals surface area (Å²) >= 11 is 0.